The van der Waals surface area contributed by atoms with Gasteiger partial charge in [0.15, 0.2) is 0 Å². The predicted molar refractivity (Wildman–Crippen MR) is 58.5 cm³/mol. The highest BCUT2D eigenvalue weighted by molar-refractivity contribution is 5.50. The third-order valence-corrected chi connectivity index (χ3v) is 2.50. The molecule has 0 fully saturated rings. The molecule has 0 amide bonds. The summed E-state index contributed by atoms with van der Waals surface area (Å²) in [5, 5.41) is 0. The molecule has 0 atom stereocenters. The predicted octanol–water partition coefficient (Wildman–Crippen LogP) is 1.25. The smallest absolute Gasteiger partial charge is 0.140 e. The highest BCUT2D eigenvalue weighted by Gasteiger charge is 2.11. The van der Waals surface area contributed by atoms with Crippen LogP contribution in [-0.4, -0.2) is 16.5 Å². The maximum Gasteiger partial charge on any atom is 0.140 e. The van der Waals surface area contributed by atoms with Gasteiger partial charge in [0.05, 0.1) is 18.0 Å². The monoisotopic (exact) mass is 205 g/mol. The lowest BCUT2D eigenvalue weighted by Gasteiger charge is -2.01. The van der Waals surface area contributed by atoms with Crippen LogP contribution in [0.15, 0.2) is 18.3 Å². The Hall–Kier alpha value is -1.39. The highest BCUT2D eigenvalue weighted by atomic mass is 16.5. The van der Waals surface area contributed by atoms with E-state index in [1.54, 1.807) is 7.11 Å². The second kappa shape index (κ2) is 4.00. The molecule has 2 aromatic heterocycles. The van der Waals surface area contributed by atoms with E-state index in [1.807, 2.05) is 29.7 Å². The van der Waals surface area contributed by atoms with E-state index < -0.39 is 0 Å². The van der Waals surface area contributed by atoms with Gasteiger partial charge in [0.25, 0.3) is 0 Å². The number of pyridine rings is 1. The molecule has 0 saturated heterocycles. The van der Waals surface area contributed by atoms with Crippen molar-refractivity contribution in [3.63, 3.8) is 0 Å². The van der Waals surface area contributed by atoms with Crippen molar-refractivity contribution in [2.45, 2.75) is 20.1 Å². The van der Waals surface area contributed by atoms with Gasteiger partial charge in [0, 0.05) is 19.9 Å². The van der Waals surface area contributed by atoms with E-state index in [1.165, 1.54) is 0 Å². The molecule has 0 aromatic carbocycles. The van der Waals surface area contributed by atoms with Gasteiger partial charge < -0.3 is 14.9 Å². The maximum absolute atomic E-state index is 5.73. The SMILES string of the molecule is COCc1nc2c(C)cccn2c1CN. The van der Waals surface area contributed by atoms with Crippen molar-refractivity contribution >= 4 is 5.65 Å². The third-order valence-electron chi connectivity index (χ3n) is 2.50. The van der Waals surface area contributed by atoms with Crippen molar-refractivity contribution in [2.75, 3.05) is 7.11 Å². The van der Waals surface area contributed by atoms with Gasteiger partial charge in [-0.05, 0) is 18.6 Å². The van der Waals surface area contributed by atoms with Crippen molar-refractivity contribution in [1.82, 2.24) is 9.38 Å². The van der Waals surface area contributed by atoms with Crippen LogP contribution in [0.3, 0.4) is 0 Å². The second-order valence-corrected chi connectivity index (χ2v) is 3.53. The van der Waals surface area contributed by atoms with Gasteiger partial charge in [-0.1, -0.05) is 6.07 Å². The average Bonchev–Trinajstić information content (AvgIpc) is 2.58. The maximum atomic E-state index is 5.73. The molecule has 0 spiro atoms. The molecule has 0 radical (unpaired) electrons. The summed E-state index contributed by atoms with van der Waals surface area (Å²) in [6.07, 6.45) is 1.98. The quantitative estimate of drug-likeness (QED) is 0.820. The fourth-order valence-electron chi connectivity index (χ4n) is 1.77. The number of fused-ring (bicyclic) bond motifs is 1. The molecule has 4 heteroatoms. The Morgan fingerprint density at radius 1 is 1.53 bits per heavy atom. The van der Waals surface area contributed by atoms with Crippen molar-refractivity contribution in [1.29, 1.82) is 0 Å². The number of aryl methyl sites for hydroxylation is 1. The van der Waals surface area contributed by atoms with Crippen LogP contribution in [0.1, 0.15) is 17.0 Å². The van der Waals surface area contributed by atoms with Gasteiger partial charge in [-0.15, -0.1) is 0 Å². The van der Waals surface area contributed by atoms with Crippen molar-refractivity contribution in [3.05, 3.63) is 35.3 Å². The second-order valence-electron chi connectivity index (χ2n) is 3.53. The fraction of sp³-hybridized carbons (Fsp3) is 0.364. The van der Waals surface area contributed by atoms with E-state index in [4.69, 9.17) is 10.5 Å². The molecule has 0 unspecified atom stereocenters. The summed E-state index contributed by atoms with van der Waals surface area (Å²) in [4.78, 5) is 4.53. The Kier molecular flexibility index (Phi) is 2.70. The molecular formula is C11H15N3O. The number of rotatable bonds is 3. The van der Waals surface area contributed by atoms with Gasteiger partial charge >= 0.3 is 0 Å². The molecule has 2 heterocycles. The molecule has 0 saturated carbocycles. The zero-order valence-electron chi connectivity index (χ0n) is 9.03. The number of nitrogens with two attached hydrogens (primary N) is 1. The Morgan fingerprint density at radius 2 is 2.33 bits per heavy atom. The minimum Gasteiger partial charge on any atom is -0.378 e. The summed E-state index contributed by atoms with van der Waals surface area (Å²) in [7, 11) is 1.66. The van der Waals surface area contributed by atoms with E-state index in [9.17, 15) is 0 Å². The van der Waals surface area contributed by atoms with Crippen LogP contribution in [0.4, 0.5) is 0 Å². The van der Waals surface area contributed by atoms with Gasteiger partial charge in [0.1, 0.15) is 5.65 Å². The summed E-state index contributed by atoms with van der Waals surface area (Å²) in [6, 6.07) is 4.04. The van der Waals surface area contributed by atoms with Crippen LogP contribution in [0.5, 0.6) is 0 Å². The van der Waals surface area contributed by atoms with E-state index in [-0.39, 0.29) is 0 Å². The summed E-state index contributed by atoms with van der Waals surface area (Å²) in [5.41, 5.74) is 9.78. The number of methoxy groups -OCH3 is 1. The van der Waals surface area contributed by atoms with Gasteiger partial charge in [-0.2, -0.15) is 0 Å². The van der Waals surface area contributed by atoms with Crippen molar-refractivity contribution < 1.29 is 4.74 Å². The topological polar surface area (TPSA) is 52.5 Å². The largest absolute Gasteiger partial charge is 0.378 e. The van der Waals surface area contributed by atoms with Crippen LogP contribution in [-0.2, 0) is 17.9 Å². The van der Waals surface area contributed by atoms with Gasteiger partial charge in [0.2, 0.25) is 0 Å². The summed E-state index contributed by atoms with van der Waals surface area (Å²) in [5.74, 6) is 0. The zero-order chi connectivity index (χ0) is 10.8. The Balaban J connectivity index is 2.67. The van der Waals surface area contributed by atoms with Crippen molar-refractivity contribution in [2.24, 2.45) is 5.73 Å². The normalized spacial score (nSPS) is 11.1. The first kappa shape index (κ1) is 10.1. The lowest BCUT2D eigenvalue weighted by atomic mass is 10.3. The third kappa shape index (κ3) is 1.62. The first-order valence-electron chi connectivity index (χ1n) is 4.92. The van der Waals surface area contributed by atoms with Crippen LogP contribution in [0.25, 0.3) is 5.65 Å². The number of ether oxygens (including phenoxy) is 1. The molecule has 2 aromatic rings. The van der Waals surface area contributed by atoms with E-state index >= 15 is 0 Å². The number of hydrogen-bond acceptors (Lipinski definition) is 3. The van der Waals surface area contributed by atoms with Gasteiger partial charge in [-0.3, -0.25) is 0 Å². The number of aromatic nitrogens is 2. The molecule has 80 valence electrons. The summed E-state index contributed by atoms with van der Waals surface area (Å²) < 4.78 is 7.14. The number of imidazole rings is 1. The van der Waals surface area contributed by atoms with E-state index in [0.717, 1.165) is 22.6 Å². The number of nitrogens with zero attached hydrogens (tertiary/aromatic N) is 2. The lowest BCUT2D eigenvalue weighted by Crippen LogP contribution is -2.04. The van der Waals surface area contributed by atoms with Crippen LogP contribution in [0, 0.1) is 6.92 Å². The molecule has 2 rings (SSSR count). The molecule has 0 aliphatic heterocycles. The van der Waals surface area contributed by atoms with Crippen molar-refractivity contribution in [3.8, 4) is 0 Å². The summed E-state index contributed by atoms with van der Waals surface area (Å²) in [6.45, 7) is 3.02. The zero-order valence-corrected chi connectivity index (χ0v) is 9.03. The molecule has 4 nitrogen and oxygen atoms in total. The first-order chi connectivity index (χ1) is 7.27. The standard InChI is InChI=1S/C11H15N3O/c1-8-4-3-5-14-10(6-12)9(7-15-2)13-11(8)14/h3-5H,6-7,12H2,1-2H3. The minimum atomic E-state index is 0.476. The van der Waals surface area contributed by atoms with E-state index in [2.05, 4.69) is 4.98 Å². The van der Waals surface area contributed by atoms with Crippen LogP contribution >= 0.6 is 0 Å². The molecule has 0 aliphatic rings. The Labute approximate surface area is 88.7 Å². The average molecular weight is 205 g/mol. The highest BCUT2D eigenvalue weighted by Crippen LogP contribution is 2.15. The molecule has 2 N–H and O–H groups in total. The van der Waals surface area contributed by atoms with Crippen LogP contribution in [0.2, 0.25) is 0 Å². The van der Waals surface area contributed by atoms with E-state index in [0.29, 0.717) is 13.2 Å². The number of hydrogen-bond donors (Lipinski definition) is 1. The first-order valence-corrected chi connectivity index (χ1v) is 4.92. The van der Waals surface area contributed by atoms with Gasteiger partial charge in [-0.25, -0.2) is 4.98 Å². The fourth-order valence-corrected chi connectivity index (χ4v) is 1.77. The molecular weight excluding hydrogens is 190 g/mol. The van der Waals surface area contributed by atoms with Crippen LogP contribution < -0.4 is 5.73 Å². The molecule has 0 bridgehead atoms. The minimum absolute atomic E-state index is 0.476. The molecule has 0 aliphatic carbocycles. The Morgan fingerprint density at radius 3 is 3.00 bits per heavy atom. The summed E-state index contributed by atoms with van der Waals surface area (Å²) >= 11 is 0. The molecule has 15 heavy (non-hydrogen) atoms. The lowest BCUT2D eigenvalue weighted by molar-refractivity contribution is 0.181. The Bertz CT molecular complexity index is 476.